The number of rotatable bonds is 5. The average molecular weight is 538 g/mol. The molecule has 168 valence electrons. The van der Waals surface area contributed by atoms with Gasteiger partial charge in [0.1, 0.15) is 6.10 Å². The van der Waals surface area contributed by atoms with Crippen molar-refractivity contribution in [2.45, 2.75) is 32.0 Å². The summed E-state index contributed by atoms with van der Waals surface area (Å²) in [5.41, 5.74) is 2.45. The summed E-state index contributed by atoms with van der Waals surface area (Å²) in [5, 5.41) is 3.45. The van der Waals surface area contributed by atoms with E-state index in [1.165, 1.54) is 11.1 Å². The second kappa shape index (κ2) is 11.5. The van der Waals surface area contributed by atoms with E-state index in [0.717, 1.165) is 38.4 Å². The highest BCUT2D eigenvalue weighted by atomic mass is 127. The van der Waals surface area contributed by atoms with Crippen molar-refractivity contribution in [3.63, 3.8) is 0 Å². The van der Waals surface area contributed by atoms with E-state index in [-0.39, 0.29) is 36.0 Å². The number of aliphatic imine (C=N–C) groups is 1. The quantitative estimate of drug-likeness (QED) is 0.358. The number of guanidine groups is 1. The Labute approximate surface area is 200 Å². The summed E-state index contributed by atoms with van der Waals surface area (Å²) >= 11 is 0. The molecule has 3 heterocycles. The lowest BCUT2D eigenvalue weighted by Gasteiger charge is -2.37. The van der Waals surface area contributed by atoms with E-state index < -0.39 is 0 Å². The number of imidazole rings is 1. The van der Waals surface area contributed by atoms with Gasteiger partial charge in [0, 0.05) is 65.3 Å². The predicted molar refractivity (Wildman–Crippen MR) is 131 cm³/mol. The van der Waals surface area contributed by atoms with Crippen molar-refractivity contribution in [2.75, 3.05) is 39.8 Å². The highest BCUT2D eigenvalue weighted by Gasteiger charge is 2.30. The molecule has 0 aliphatic carbocycles. The lowest BCUT2D eigenvalue weighted by Crippen LogP contribution is -2.55. The highest BCUT2D eigenvalue weighted by Crippen LogP contribution is 2.16. The Morgan fingerprint density at radius 3 is 2.48 bits per heavy atom. The third-order valence-electron chi connectivity index (χ3n) is 5.71. The molecule has 31 heavy (non-hydrogen) atoms. The van der Waals surface area contributed by atoms with Gasteiger partial charge < -0.3 is 24.4 Å². The molecule has 0 saturated carbocycles. The van der Waals surface area contributed by atoms with Crippen LogP contribution < -0.4 is 5.32 Å². The monoisotopic (exact) mass is 538 g/mol. The number of carbonyl (C=O) groups excluding carboxylic acids is 1. The molecule has 8 nitrogen and oxygen atoms in total. The van der Waals surface area contributed by atoms with Crippen LogP contribution in [0.2, 0.25) is 0 Å². The van der Waals surface area contributed by atoms with Gasteiger partial charge in [-0.2, -0.15) is 0 Å². The molecule has 1 atom stereocenters. The van der Waals surface area contributed by atoms with E-state index >= 15 is 0 Å². The number of benzene rings is 1. The largest absolute Gasteiger partial charge is 0.368 e. The van der Waals surface area contributed by atoms with E-state index in [1.807, 2.05) is 17.4 Å². The number of ether oxygens (including phenoxy) is 1. The number of halogens is 1. The smallest absolute Gasteiger partial charge is 0.251 e. The molecule has 1 amide bonds. The number of amides is 1. The first-order valence-corrected chi connectivity index (χ1v) is 10.6. The molecule has 1 unspecified atom stereocenters. The molecule has 1 N–H and O–H groups in total. The Morgan fingerprint density at radius 1 is 1.16 bits per heavy atom. The molecule has 1 aromatic carbocycles. The topological polar surface area (TPSA) is 75.0 Å². The third-order valence-corrected chi connectivity index (χ3v) is 5.71. The van der Waals surface area contributed by atoms with Crippen LogP contribution in [0.15, 0.2) is 48.0 Å². The van der Waals surface area contributed by atoms with Crippen LogP contribution in [0.5, 0.6) is 0 Å². The first kappa shape index (κ1) is 23.5. The summed E-state index contributed by atoms with van der Waals surface area (Å²) in [4.78, 5) is 25.2. The first-order valence-electron chi connectivity index (χ1n) is 10.6. The molecule has 4 rings (SSSR count). The zero-order valence-corrected chi connectivity index (χ0v) is 20.3. The van der Waals surface area contributed by atoms with Crippen molar-refractivity contribution < 1.29 is 9.53 Å². The molecule has 2 saturated heterocycles. The van der Waals surface area contributed by atoms with E-state index in [4.69, 9.17) is 4.74 Å². The minimum absolute atomic E-state index is 0. The van der Waals surface area contributed by atoms with E-state index in [9.17, 15) is 4.79 Å². The van der Waals surface area contributed by atoms with Gasteiger partial charge in [-0.3, -0.25) is 9.79 Å². The number of nitrogens with one attached hydrogen (secondary N) is 1. The van der Waals surface area contributed by atoms with Crippen molar-refractivity contribution in [1.82, 2.24) is 24.7 Å². The standard InChI is InChI=1S/C22H30N6O2.HI/c1-23-22(28-12-10-27(11-13-28)21(29)20-3-2-14-30-20)25-15-18-4-6-19(7-5-18)16-26-9-8-24-17-26;/h4-9,17,20H,2-3,10-16H2,1H3,(H,23,25);1H. The zero-order valence-electron chi connectivity index (χ0n) is 17.9. The molecule has 2 aliphatic rings. The number of nitrogens with zero attached hydrogens (tertiary/aromatic N) is 5. The molecule has 2 aliphatic heterocycles. The van der Waals surface area contributed by atoms with Gasteiger partial charge in [-0.15, -0.1) is 24.0 Å². The summed E-state index contributed by atoms with van der Waals surface area (Å²) in [7, 11) is 1.81. The molecular weight excluding hydrogens is 507 g/mol. The van der Waals surface area contributed by atoms with Crippen LogP contribution in [0.4, 0.5) is 0 Å². The maximum Gasteiger partial charge on any atom is 0.251 e. The Bertz CT molecular complexity index is 841. The van der Waals surface area contributed by atoms with Gasteiger partial charge in [0.15, 0.2) is 5.96 Å². The fourth-order valence-electron chi connectivity index (χ4n) is 3.98. The molecule has 2 fully saturated rings. The van der Waals surface area contributed by atoms with Gasteiger partial charge in [-0.05, 0) is 24.0 Å². The van der Waals surface area contributed by atoms with Crippen molar-refractivity contribution in [3.8, 4) is 0 Å². The lowest BCUT2D eigenvalue weighted by molar-refractivity contribution is -0.142. The Kier molecular flexibility index (Phi) is 8.70. The van der Waals surface area contributed by atoms with Crippen molar-refractivity contribution in [3.05, 3.63) is 54.1 Å². The number of piperazine rings is 1. The number of carbonyl (C=O) groups is 1. The van der Waals surface area contributed by atoms with Crippen LogP contribution in [0.25, 0.3) is 0 Å². The van der Waals surface area contributed by atoms with Crippen LogP contribution in [-0.2, 0) is 22.6 Å². The van der Waals surface area contributed by atoms with Crippen molar-refractivity contribution >= 4 is 35.8 Å². The Morgan fingerprint density at radius 2 is 1.87 bits per heavy atom. The van der Waals surface area contributed by atoms with Gasteiger partial charge in [-0.25, -0.2) is 4.98 Å². The predicted octanol–water partition coefficient (Wildman–Crippen LogP) is 1.95. The Hall–Kier alpha value is -2.14. The SMILES string of the molecule is CN=C(NCc1ccc(Cn2ccnc2)cc1)N1CCN(C(=O)C2CCCO2)CC1.I. The first-order chi connectivity index (χ1) is 14.7. The lowest BCUT2D eigenvalue weighted by atomic mass is 10.1. The van der Waals surface area contributed by atoms with Gasteiger partial charge >= 0.3 is 0 Å². The summed E-state index contributed by atoms with van der Waals surface area (Å²) < 4.78 is 7.60. The fraction of sp³-hybridized carbons (Fsp3) is 0.500. The van der Waals surface area contributed by atoms with Gasteiger partial charge in [0.05, 0.1) is 6.33 Å². The molecule has 9 heteroatoms. The van der Waals surface area contributed by atoms with Crippen LogP contribution in [0, 0.1) is 0 Å². The van der Waals surface area contributed by atoms with Crippen LogP contribution >= 0.6 is 24.0 Å². The number of hydrogen-bond acceptors (Lipinski definition) is 4. The molecule has 0 spiro atoms. The second-order valence-corrected chi connectivity index (χ2v) is 7.77. The molecule has 2 aromatic rings. The minimum Gasteiger partial charge on any atom is -0.368 e. The number of aromatic nitrogens is 2. The van der Waals surface area contributed by atoms with E-state index in [0.29, 0.717) is 26.2 Å². The van der Waals surface area contributed by atoms with Gasteiger partial charge in [0.25, 0.3) is 5.91 Å². The maximum atomic E-state index is 12.5. The molecule has 0 radical (unpaired) electrons. The summed E-state index contributed by atoms with van der Waals surface area (Å²) in [6, 6.07) is 8.58. The normalized spacial score (nSPS) is 19.3. The van der Waals surface area contributed by atoms with Crippen LogP contribution in [0.1, 0.15) is 24.0 Å². The van der Waals surface area contributed by atoms with Gasteiger partial charge in [-0.1, -0.05) is 24.3 Å². The fourth-order valence-corrected chi connectivity index (χ4v) is 3.98. The molecule has 0 bridgehead atoms. The van der Waals surface area contributed by atoms with E-state index in [2.05, 4.69) is 49.0 Å². The van der Waals surface area contributed by atoms with Crippen LogP contribution in [-0.4, -0.2) is 77.2 Å². The molecule has 1 aromatic heterocycles. The minimum atomic E-state index is -0.231. The number of hydrogen-bond donors (Lipinski definition) is 1. The summed E-state index contributed by atoms with van der Waals surface area (Å²) in [5.74, 6) is 1.02. The second-order valence-electron chi connectivity index (χ2n) is 7.77. The summed E-state index contributed by atoms with van der Waals surface area (Å²) in [6.07, 6.45) is 7.19. The van der Waals surface area contributed by atoms with Crippen molar-refractivity contribution in [2.24, 2.45) is 4.99 Å². The molecular formula is C22H31IN6O2. The highest BCUT2D eigenvalue weighted by molar-refractivity contribution is 14.0. The third kappa shape index (κ3) is 6.19. The van der Waals surface area contributed by atoms with E-state index in [1.54, 1.807) is 13.2 Å². The van der Waals surface area contributed by atoms with Crippen LogP contribution in [0.3, 0.4) is 0 Å². The zero-order chi connectivity index (χ0) is 20.8. The summed E-state index contributed by atoms with van der Waals surface area (Å²) in [6.45, 7) is 5.23. The maximum absolute atomic E-state index is 12.5. The van der Waals surface area contributed by atoms with Crippen molar-refractivity contribution in [1.29, 1.82) is 0 Å². The van der Waals surface area contributed by atoms with Gasteiger partial charge in [0.2, 0.25) is 0 Å². The Balaban J connectivity index is 0.00000272. The average Bonchev–Trinajstić information content (AvgIpc) is 3.50.